The lowest BCUT2D eigenvalue weighted by molar-refractivity contribution is -0.110. The first-order valence-electron chi connectivity index (χ1n) is 5.78. The summed E-state index contributed by atoms with van der Waals surface area (Å²) in [6, 6.07) is -1.80. The van der Waals surface area contributed by atoms with Gasteiger partial charge in [-0.3, -0.25) is 14.5 Å². The molecule has 9 nitrogen and oxygen atoms in total. The number of nitrogens with one attached hydrogen (secondary N) is 1. The fourth-order valence-corrected chi connectivity index (χ4v) is 1.72. The summed E-state index contributed by atoms with van der Waals surface area (Å²) in [7, 11) is 0. The Hall–Kier alpha value is -1.97. The van der Waals surface area contributed by atoms with Gasteiger partial charge in [-0.05, 0) is 6.92 Å². The van der Waals surface area contributed by atoms with Crippen LogP contribution in [0.2, 0.25) is 0 Å². The van der Waals surface area contributed by atoms with Crippen molar-refractivity contribution in [2.75, 3.05) is 6.61 Å². The molecule has 0 bridgehead atoms. The second-order valence-corrected chi connectivity index (χ2v) is 4.16. The Balaban J connectivity index is 2.80. The lowest BCUT2D eigenvalue weighted by Crippen LogP contribution is -2.51. The minimum absolute atomic E-state index is 0.278. The highest BCUT2D eigenvalue weighted by Gasteiger charge is 2.43. The number of hydrogen-bond acceptors (Lipinski definition) is 7. The van der Waals surface area contributed by atoms with Crippen molar-refractivity contribution in [3.05, 3.63) is 11.8 Å². The second kappa shape index (κ2) is 6.98. The van der Waals surface area contributed by atoms with Gasteiger partial charge in [-0.2, -0.15) is 0 Å². The van der Waals surface area contributed by atoms with Crippen LogP contribution in [0.25, 0.3) is 0 Å². The fourth-order valence-electron chi connectivity index (χ4n) is 1.72. The van der Waals surface area contributed by atoms with E-state index >= 15 is 0 Å². The number of nitrogens with zero attached hydrogens (tertiary/aromatic N) is 1. The normalized spacial score (nSPS) is 25.9. The van der Waals surface area contributed by atoms with Gasteiger partial charge >= 0.3 is 6.03 Å². The van der Waals surface area contributed by atoms with E-state index in [1.165, 1.54) is 6.92 Å². The van der Waals surface area contributed by atoms with E-state index in [1.54, 1.807) is 0 Å². The molecule has 0 radical (unpaired) electrons. The number of ether oxygens (including phenoxy) is 1. The molecule has 0 spiro atoms. The van der Waals surface area contributed by atoms with E-state index in [9.17, 15) is 29.7 Å². The Labute approximate surface area is 114 Å². The van der Waals surface area contributed by atoms with Crippen LogP contribution in [0.15, 0.2) is 11.8 Å². The molecule has 1 aliphatic rings. The molecule has 9 heteroatoms. The predicted octanol–water partition coefficient (Wildman–Crippen LogP) is -2.30. The number of aliphatic hydroxyl groups is 3. The van der Waals surface area contributed by atoms with E-state index in [0.29, 0.717) is 12.6 Å². The Morgan fingerprint density at radius 1 is 1.50 bits per heavy atom. The maximum atomic E-state index is 11.6. The van der Waals surface area contributed by atoms with Gasteiger partial charge in [0.2, 0.25) is 0 Å². The van der Waals surface area contributed by atoms with Gasteiger partial charge in [0, 0.05) is 6.08 Å². The van der Waals surface area contributed by atoms with Gasteiger partial charge in [-0.25, -0.2) is 4.79 Å². The average Bonchev–Trinajstić information content (AvgIpc) is 2.63. The van der Waals surface area contributed by atoms with E-state index in [4.69, 9.17) is 4.74 Å². The lowest BCUT2D eigenvalue weighted by Gasteiger charge is -2.31. The molecular formula is C11H16N2O7. The summed E-state index contributed by atoms with van der Waals surface area (Å²) >= 11 is 0. The fraction of sp³-hybridized carbons (Fsp3) is 0.545. The first kappa shape index (κ1) is 16.1. The third-order valence-corrected chi connectivity index (χ3v) is 2.76. The summed E-state index contributed by atoms with van der Waals surface area (Å²) < 4.78 is 4.99. The number of carbonyl (C=O) groups is 3. The molecule has 0 aromatic rings. The molecule has 0 saturated carbocycles. The molecular weight excluding hydrogens is 272 g/mol. The first-order valence-corrected chi connectivity index (χ1v) is 5.78. The summed E-state index contributed by atoms with van der Waals surface area (Å²) in [4.78, 5) is 33.2. The molecule has 2 amide bonds. The topological polar surface area (TPSA) is 136 Å². The number of carbonyl (C=O) groups excluding carboxylic acids is 3. The SMILES string of the molecule is CC(O)C(CO/C(C=O)=C\C=O)N1C(=O)NC(O)C1O. The lowest BCUT2D eigenvalue weighted by atomic mass is 10.1. The predicted molar refractivity (Wildman–Crippen MR) is 64.0 cm³/mol. The average molecular weight is 288 g/mol. The van der Waals surface area contributed by atoms with E-state index in [1.807, 2.05) is 0 Å². The molecule has 112 valence electrons. The van der Waals surface area contributed by atoms with Gasteiger partial charge in [0.15, 0.2) is 24.5 Å². The Morgan fingerprint density at radius 3 is 2.55 bits per heavy atom. The van der Waals surface area contributed by atoms with Crippen molar-refractivity contribution in [3.8, 4) is 0 Å². The number of aliphatic hydroxyl groups excluding tert-OH is 3. The number of urea groups is 1. The molecule has 1 rings (SSSR count). The molecule has 4 N–H and O–H groups in total. The van der Waals surface area contributed by atoms with Gasteiger partial charge < -0.3 is 25.4 Å². The molecule has 0 aromatic carbocycles. The van der Waals surface area contributed by atoms with Crippen molar-refractivity contribution < 1.29 is 34.4 Å². The van der Waals surface area contributed by atoms with E-state index in [-0.39, 0.29) is 12.4 Å². The van der Waals surface area contributed by atoms with Crippen LogP contribution < -0.4 is 5.32 Å². The Kier molecular flexibility index (Phi) is 5.62. The minimum atomic E-state index is -1.56. The quantitative estimate of drug-likeness (QED) is 0.235. The zero-order valence-electron chi connectivity index (χ0n) is 10.7. The smallest absolute Gasteiger partial charge is 0.322 e. The molecule has 4 atom stereocenters. The highest BCUT2D eigenvalue weighted by Crippen LogP contribution is 2.17. The highest BCUT2D eigenvalue weighted by atomic mass is 16.5. The molecule has 20 heavy (non-hydrogen) atoms. The summed E-state index contributed by atoms with van der Waals surface area (Å²) in [5, 5.41) is 30.7. The van der Waals surface area contributed by atoms with Crippen LogP contribution in [0.1, 0.15) is 6.92 Å². The van der Waals surface area contributed by atoms with E-state index < -0.39 is 30.6 Å². The second-order valence-electron chi connectivity index (χ2n) is 4.16. The number of allylic oxidation sites excluding steroid dienone is 2. The van der Waals surface area contributed by atoms with Crippen LogP contribution in [0.3, 0.4) is 0 Å². The van der Waals surface area contributed by atoms with Gasteiger partial charge in [0.1, 0.15) is 12.9 Å². The summed E-state index contributed by atoms with van der Waals surface area (Å²) in [5.41, 5.74) is 0. The molecule has 1 fully saturated rings. The van der Waals surface area contributed by atoms with Crippen LogP contribution in [0, 0.1) is 0 Å². The summed E-state index contributed by atoms with van der Waals surface area (Å²) in [5.74, 6) is -0.278. The van der Waals surface area contributed by atoms with Crippen LogP contribution in [-0.2, 0) is 14.3 Å². The molecule has 1 heterocycles. The Morgan fingerprint density at radius 2 is 2.15 bits per heavy atom. The van der Waals surface area contributed by atoms with Crippen molar-refractivity contribution in [1.82, 2.24) is 10.2 Å². The van der Waals surface area contributed by atoms with Crippen LogP contribution in [0.4, 0.5) is 4.79 Å². The third-order valence-electron chi connectivity index (χ3n) is 2.76. The largest absolute Gasteiger partial charge is 0.488 e. The van der Waals surface area contributed by atoms with Crippen molar-refractivity contribution in [2.24, 2.45) is 0 Å². The van der Waals surface area contributed by atoms with E-state index in [0.717, 1.165) is 11.0 Å². The molecule has 1 saturated heterocycles. The monoisotopic (exact) mass is 288 g/mol. The maximum Gasteiger partial charge on any atom is 0.322 e. The molecule has 1 aliphatic heterocycles. The van der Waals surface area contributed by atoms with Gasteiger partial charge in [0.05, 0.1) is 12.1 Å². The number of aldehydes is 2. The first-order chi connectivity index (χ1) is 9.42. The third kappa shape index (κ3) is 3.53. The van der Waals surface area contributed by atoms with Crippen LogP contribution in [-0.4, -0.2) is 70.0 Å². The minimum Gasteiger partial charge on any atom is -0.488 e. The zero-order chi connectivity index (χ0) is 15.3. The number of amides is 2. The van der Waals surface area contributed by atoms with Crippen LogP contribution in [0.5, 0.6) is 0 Å². The molecule has 4 unspecified atom stereocenters. The summed E-state index contributed by atoms with van der Waals surface area (Å²) in [6.45, 7) is 1.01. The van der Waals surface area contributed by atoms with Crippen molar-refractivity contribution in [1.29, 1.82) is 0 Å². The van der Waals surface area contributed by atoms with Crippen LogP contribution >= 0.6 is 0 Å². The van der Waals surface area contributed by atoms with Crippen molar-refractivity contribution in [3.63, 3.8) is 0 Å². The molecule has 0 aliphatic carbocycles. The highest BCUT2D eigenvalue weighted by molar-refractivity contribution is 5.79. The summed E-state index contributed by atoms with van der Waals surface area (Å²) in [6.07, 6.45) is -2.63. The van der Waals surface area contributed by atoms with Gasteiger partial charge in [-0.1, -0.05) is 0 Å². The maximum absolute atomic E-state index is 11.6. The zero-order valence-corrected chi connectivity index (χ0v) is 10.7. The standard InChI is InChI=1S/C11H16N2O7/c1-6(16)8(5-20-7(4-15)2-3-14)13-10(18)9(17)12-11(13)19/h2-4,6,8-10,16-18H,5H2,1H3,(H,12,19)/b7-2-. The number of rotatable bonds is 7. The van der Waals surface area contributed by atoms with Crippen molar-refractivity contribution in [2.45, 2.75) is 31.5 Å². The van der Waals surface area contributed by atoms with E-state index in [2.05, 4.69) is 5.32 Å². The number of hydrogen-bond donors (Lipinski definition) is 4. The van der Waals surface area contributed by atoms with Crippen molar-refractivity contribution >= 4 is 18.6 Å². The van der Waals surface area contributed by atoms with Gasteiger partial charge in [-0.15, -0.1) is 0 Å². The molecule has 0 aromatic heterocycles. The van der Waals surface area contributed by atoms with Gasteiger partial charge in [0.25, 0.3) is 0 Å². The Bertz CT molecular complexity index is 410.